The Hall–Kier alpha value is 0.0500. The van der Waals surface area contributed by atoms with Crippen LogP contribution in [0.4, 0.5) is 0 Å². The van der Waals surface area contributed by atoms with Crippen molar-refractivity contribution in [3.63, 3.8) is 0 Å². The van der Waals surface area contributed by atoms with Crippen molar-refractivity contribution in [1.29, 1.82) is 0 Å². The zero-order valence-electron chi connectivity index (χ0n) is 9.79. The molecule has 2 atom stereocenters. The van der Waals surface area contributed by atoms with Crippen LogP contribution >= 0.6 is 12.6 Å². The third kappa shape index (κ3) is 7.45. The lowest BCUT2D eigenvalue weighted by atomic mass is 10.0. The summed E-state index contributed by atoms with van der Waals surface area (Å²) in [4.78, 5) is 0. The van der Waals surface area contributed by atoms with Crippen molar-refractivity contribution >= 4 is 12.6 Å². The lowest BCUT2D eigenvalue weighted by Gasteiger charge is -2.11. The first-order chi connectivity index (χ1) is 6.60. The number of nitrogens with two attached hydrogens (primary N) is 1. The van der Waals surface area contributed by atoms with Crippen LogP contribution in [0.25, 0.3) is 0 Å². The summed E-state index contributed by atoms with van der Waals surface area (Å²) in [5, 5.41) is 0.416. The molecule has 0 aromatic heterocycles. The summed E-state index contributed by atoms with van der Waals surface area (Å²) in [6.07, 6.45) is 8.01. The maximum Gasteiger partial charge on any atom is 0.0199 e. The summed E-state index contributed by atoms with van der Waals surface area (Å²) in [5.74, 6) is 0. The molecule has 0 aromatic carbocycles. The molecule has 0 saturated heterocycles. The van der Waals surface area contributed by atoms with Crippen LogP contribution in [0.2, 0.25) is 0 Å². The van der Waals surface area contributed by atoms with Crippen LogP contribution in [0.5, 0.6) is 0 Å². The molecule has 0 aromatic rings. The van der Waals surface area contributed by atoms with Gasteiger partial charge in [-0.2, -0.15) is 12.6 Å². The van der Waals surface area contributed by atoms with Crippen LogP contribution < -0.4 is 5.73 Å². The van der Waals surface area contributed by atoms with E-state index in [1.165, 1.54) is 24.8 Å². The van der Waals surface area contributed by atoms with Crippen molar-refractivity contribution in [2.75, 3.05) is 0 Å². The molecular formula is C12H25NS. The van der Waals surface area contributed by atoms with E-state index in [1.54, 1.807) is 0 Å². The van der Waals surface area contributed by atoms with Gasteiger partial charge < -0.3 is 5.73 Å². The molecule has 0 radical (unpaired) electrons. The summed E-state index contributed by atoms with van der Waals surface area (Å²) >= 11 is 4.54. The van der Waals surface area contributed by atoms with Gasteiger partial charge in [0.2, 0.25) is 0 Å². The Labute approximate surface area is 94.6 Å². The van der Waals surface area contributed by atoms with Crippen LogP contribution in [0.15, 0.2) is 11.6 Å². The predicted octanol–water partition coefficient (Wildman–Crippen LogP) is 3.55. The molecule has 2 N–H and O–H groups in total. The molecule has 0 heterocycles. The molecule has 1 nitrogen and oxygen atoms in total. The van der Waals surface area contributed by atoms with E-state index in [0.717, 1.165) is 12.8 Å². The molecule has 14 heavy (non-hydrogen) atoms. The first kappa shape index (κ1) is 14.1. The standard InChI is InChI=1S/C12H25NS/c1-4-6-7-12(14)9-10(3)8-11(13)5-2/h9,11-12,14H,4-8,13H2,1-3H3/b10-9-. The minimum Gasteiger partial charge on any atom is -0.327 e. The topological polar surface area (TPSA) is 26.0 Å². The lowest BCUT2D eigenvalue weighted by molar-refractivity contribution is 0.639. The highest BCUT2D eigenvalue weighted by Gasteiger charge is 2.03. The van der Waals surface area contributed by atoms with E-state index >= 15 is 0 Å². The van der Waals surface area contributed by atoms with E-state index in [4.69, 9.17) is 5.73 Å². The maximum absolute atomic E-state index is 5.88. The first-order valence-corrected chi connectivity index (χ1v) is 6.22. The summed E-state index contributed by atoms with van der Waals surface area (Å²) < 4.78 is 0. The van der Waals surface area contributed by atoms with Crippen molar-refractivity contribution in [1.82, 2.24) is 0 Å². The molecule has 0 rings (SSSR count). The number of rotatable bonds is 7. The van der Waals surface area contributed by atoms with Crippen LogP contribution in [0.1, 0.15) is 52.9 Å². The quantitative estimate of drug-likeness (QED) is 0.493. The van der Waals surface area contributed by atoms with E-state index in [1.807, 2.05) is 0 Å². The largest absolute Gasteiger partial charge is 0.327 e. The smallest absolute Gasteiger partial charge is 0.0199 e. The second kappa shape index (κ2) is 8.37. The minimum atomic E-state index is 0.318. The third-order valence-corrected chi connectivity index (χ3v) is 2.85. The summed E-state index contributed by atoms with van der Waals surface area (Å²) in [5.41, 5.74) is 7.27. The molecule has 0 aliphatic carbocycles. The molecule has 84 valence electrons. The fourth-order valence-corrected chi connectivity index (χ4v) is 1.89. The van der Waals surface area contributed by atoms with Crippen LogP contribution in [-0.4, -0.2) is 11.3 Å². The maximum atomic E-state index is 5.88. The predicted molar refractivity (Wildman–Crippen MR) is 68.9 cm³/mol. The van der Waals surface area contributed by atoms with Crippen molar-refractivity contribution in [2.45, 2.75) is 64.2 Å². The molecular weight excluding hydrogens is 190 g/mol. The van der Waals surface area contributed by atoms with Crippen LogP contribution in [-0.2, 0) is 0 Å². The lowest BCUT2D eigenvalue weighted by Crippen LogP contribution is -2.18. The summed E-state index contributed by atoms with van der Waals surface area (Å²) in [7, 11) is 0. The van der Waals surface area contributed by atoms with Crippen molar-refractivity contribution in [3.8, 4) is 0 Å². The number of unbranched alkanes of at least 4 members (excludes halogenated alkanes) is 1. The highest BCUT2D eigenvalue weighted by atomic mass is 32.1. The van der Waals surface area contributed by atoms with E-state index in [2.05, 4.69) is 39.5 Å². The molecule has 0 aliphatic rings. The van der Waals surface area contributed by atoms with Gasteiger partial charge in [-0.05, 0) is 26.2 Å². The Bertz CT molecular complexity index is 166. The number of thiol groups is 1. The minimum absolute atomic E-state index is 0.318. The second-order valence-corrected chi connectivity index (χ2v) is 4.76. The monoisotopic (exact) mass is 215 g/mol. The molecule has 0 bridgehead atoms. The molecule has 2 heteroatoms. The molecule has 0 saturated carbocycles. The van der Waals surface area contributed by atoms with Gasteiger partial charge in [0.05, 0.1) is 0 Å². The molecule has 0 spiro atoms. The fourth-order valence-electron chi connectivity index (χ4n) is 1.45. The highest BCUT2D eigenvalue weighted by molar-refractivity contribution is 7.81. The Morgan fingerprint density at radius 1 is 1.43 bits per heavy atom. The van der Waals surface area contributed by atoms with E-state index < -0.39 is 0 Å². The number of hydrogen-bond acceptors (Lipinski definition) is 2. The Morgan fingerprint density at radius 3 is 2.57 bits per heavy atom. The molecule has 2 unspecified atom stereocenters. The van der Waals surface area contributed by atoms with Gasteiger partial charge in [-0.25, -0.2) is 0 Å². The van der Waals surface area contributed by atoms with Gasteiger partial charge in [0.15, 0.2) is 0 Å². The normalized spacial score (nSPS) is 16.8. The van der Waals surface area contributed by atoms with E-state index in [0.29, 0.717) is 11.3 Å². The zero-order chi connectivity index (χ0) is 11.0. The van der Waals surface area contributed by atoms with Gasteiger partial charge in [-0.1, -0.05) is 38.3 Å². The van der Waals surface area contributed by atoms with Gasteiger partial charge in [-0.3, -0.25) is 0 Å². The van der Waals surface area contributed by atoms with Crippen molar-refractivity contribution < 1.29 is 0 Å². The van der Waals surface area contributed by atoms with E-state index in [9.17, 15) is 0 Å². The van der Waals surface area contributed by atoms with Gasteiger partial charge in [0.1, 0.15) is 0 Å². The second-order valence-electron chi connectivity index (χ2n) is 4.10. The first-order valence-electron chi connectivity index (χ1n) is 5.71. The average molecular weight is 215 g/mol. The third-order valence-electron chi connectivity index (χ3n) is 2.44. The van der Waals surface area contributed by atoms with Gasteiger partial charge in [0, 0.05) is 11.3 Å². The SMILES string of the molecule is CCCCC(S)/C=C(/C)CC(N)CC. The Balaban J connectivity index is 3.83. The summed E-state index contributed by atoms with van der Waals surface area (Å²) in [6.45, 7) is 6.50. The Kier molecular flexibility index (Phi) is 8.40. The number of hydrogen-bond donors (Lipinski definition) is 2. The van der Waals surface area contributed by atoms with Crippen molar-refractivity contribution in [3.05, 3.63) is 11.6 Å². The zero-order valence-corrected chi connectivity index (χ0v) is 10.7. The average Bonchev–Trinajstić information content (AvgIpc) is 2.14. The van der Waals surface area contributed by atoms with Crippen molar-refractivity contribution in [2.24, 2.45) is 5.73 Å². The molecule has 0 amide bonds. The molecule has 0 fully saturated rings. The summed E-state index contributed by atoms with van der Waals surface area (Å²) in [6, 6.07) is 0.318. The fraction of sp³-hybridized carbons (Fsp3) is 0.833. The van der Waals surface area contributed by atoms with Crippen LogP contribution in [0.3, 0.4) is 0 Å². The van der Waals surface area contributed by atoms with Gasteiger partial charge >= 0.3 is 0 Å². The van der Waals surface area contributed by atoms with E-state index in [-0.39, 0.29) is 0 Å². The van der Waals surface area contributed by atoms with Gasteiger partial charge in [-0.15, -0.1) is 0 Å². The molecule has 0 aliphatic heterocycles. The highest BCUT2D eigenvalue weighted by Crippen LogP contribution is 2.13. The van der Waals surface area contributed by atoms with Gasteiger partial charge in [0.25, 0.3) is 0 Å². The Morgan fingerprint density at radius 2 is 2.07 bits per heavy atom. The van der Waals surface area contributed by atoms with Crippen LogP contribution in [0, 0.1) is 0 Å².